The third-order valence-corrected chi connectivity index (χ3v) is 3.71. The van der Waals surface area contributed by atoms with E-state index in [9.17, 15) is 5.11 Å². The van der Waals surface area contributed by atoms with Crippen LogP contribution in [0.15, 0.2) is 12.2 Å². The van der Waals surface area contributed by atoms with Gasteiger partial charge in [-0.15, -0.1) is 0 Å². The Bertz CT molecular complexity index is 229. The highest BCUT2D eigenvalue weighted by Gasteiger charge is 2.30. The molecule has 1 aliphatic carbocycles. The Morgan fingerprint density at radius 1 is 1.35 bits per heavy atom. The van der Waals surface area contributed by atoms with Gasteiger partial charge in [-0.2, -0.15) is 0 Å². The van der Waals surface area contributed by atoms with Crippen molar-refractivity contribution in [1.29, 1.82) is 0 Å². The van der Waals surface area contributed by atoms with Crippen LogP contribution in [0.3, 0.4) is 0 Å². The zero-order valence-corrected chi connectivity index (χ0v) is 11.5. The molecule has 100 valence electrons. The molecule has 2 heteroatoms. The van der Waals surface area contributed by atoms with Gasteiger partial charge in [0.15, 0.2) is 0 Å². The molecule has 0 heterocycles. The molecule has 2 nitrogen and oxygen atoms in total. The molecule has 0 saturated heterocycles. The monoisotopic (exact) mass is 240 g/mol. The normalized spacial score (nSPS) is 21.1. The Hall–Kier alpha value is -0.340. The number of hydrogen-bond donors (Lipinski definition) is 1. The summed E-state index contributed by atoms with van der Waals surface area (Å²) in [6, 6.07) is 0. The number of aliphatic hydroxyl groups is 1. The number of ether oxygens (including phenoxy) is 1. The topological polar surface area (TPSA) is 29.5 Å². The summed E-state index contributed by atoms with van der Waals surface area (Å²) in [5, 5.41) is 10.4. The van der Waals surface area contributed by atoms with Gasteiger partial charge in [-0.1, -0.05) is 51.2 Å². The van der Waals surface area contributed by atoms with Crippen molar-refractivity contribution in [3.8, 4) is 0 Å². The number of unbranched alkanes of at least 4 members (excludes halogenated alkanes) is 1. The van der Waals surface area contributed by atoms with Crippen LogP contribution in [0.2, 0.25) is 0 Å². The lowest BCUT2D eigenvalue weighted by Crippen LogP contribution is -2.38. The zero-order chi connectivity index (χ0) is 12.7. The van der Waals surface area contributed by atoms with Crippen LogP contribution in [0.25, 0.3) is 0 Å². The highest BCUT2D eigenvalue weighted by molar-refractivity contribution is 4.98. The van der Waals surface area contributed by atoms with Crippen molar-refractivity contribution < 1.29 is 9.84 Å². The van der Waals surface area contributed by atoms with E-state index in [1.54, 1.807) is 0 Å². The van der Waals surface area contributed by atoms with E-state index in [0.29, 0.717) is 6.61 Å². The fourth-order valence-corrected chi connectivity index (χ4v) is 2.47. The molecular weight excluding hydrogens is 212 g/mol. The molecule has 1 rings (SSSR count). The van der Waals surface area contributed by atoms with Crippen LogP contribution in [-0.4, -0.2) is 23.4 Å². The molecule has 1 atom stereocenters. The molecular formula is C15H28O2. The third kappa shape index (κ3) is 5.22. The first-order chi connectivity index (χ1) is 8.07. The maximum absolute atomic E-state index is 10.4. The fourth-order valence-electron chi connectivity index (χ4n) is 2.47. The van der Waals surface area contributed by atoms with Crippen molar-refractivity contribution in [3.63, 3.8) is 0 Å². The lowest BCUT2D eigenvalue weighted by Gasteiger charge is -2.33. The lowest BCUT2D eigenvalue weighted by atomic mass is 9.85. The molecule has 0 aliphatic heterocycles. The lowest BCUT2D eigenvalue weighted by molar-refractivity contribution is -0.0847. The molecule has 0 radical (unpaired) electrons. The SMILES string of the molecule is C=C(C)C(CCCC)OCC1(O)CCCCC1. The highest BCUT2D eigenvalue weighted by atomic mass is 16.5. The van der Waals surface area contributed by atoms with E-state index in [1.807, 2.05) is 6.92 Å². The van der Waals surface area contributed by atoms with Crippen molar-refractivity contribution in [2.24, 2.45) is 0 Å². The van der Waals surface area contributed by atoms with Crippen LogP contribution in [0, 0.1) is 0 Å². The summed E-state index contributed by atoms with van der Waals surface area (Å²) in [5.74, 6) is 0. The summed E-state index contributed by atoms with van der Waals surface area (Å²) in [5.41, 5.74) is 0.510. The quantitative estimate of drug-likeness (QED) is 0.685. The Morgan fingerprint density at radius 2 is 2.00 bits per heavy atom. The third-order valence-electron chi connectivity index (χ3n) is 3.71. The maximum atomic E-state index is 10.4. The van der Waals surface area contributed by atoms with Crippen LogP contribution >= 0.6 is 0 Å². The molecule has 0 amide bonds. The predicted molar refractivity (Wildman–Crippen MR) is 72.1 cm³/mol. The second-order valence-electron chi connectivity index (χ2n) is 5.57. The standard InChI is InChI=1S/C15H28O2/c1-4-5-9-14(13(2)3)17-12-15(16)10-7-6-8-11-15/h14,16H,2,4-12H2,1,3H3. The molecule has 0 spiro atoms. The van der Waals surface area contributed by atoms with Crippen LogP contribution in [0.4, 0.5) is 0 Å². The predicted octanol–water partition coefficient (Wildman–Crippen LogP) is 3.83. The van der Waals surface area contributed by atoms with Crippen LogP contribution < -0.4 is 0 Å². The van der Waals surface area contributed by atoms with Gasteiger partial charge in [0.05, 0.1) is 18.3 Å². The van der Waals surface area contributed by atoms with Crippen molar-refractivity contribution in [2.75, 3.05) is 6.61 Å². The smallest absolute Gasteiger partial charge is 0.0880 e. The summed E-state index contributed by atoms with van der Waals surface area (Å²) < 4.78 is 5.90. The van der Waals surface area contributed by atoms with E-state index in [1.165, 1.54) is 12.8 Å². The van der Waals surface area contributed by atoms with Crippen LogP contribution in [-0.2, 0) is 4.74 Å². The molecule has 0 aromatic carbocycles. The second kappa shape index (κ2) is 7.17. The summed E-state index contributed by atoms with van der Waals surface area (Å²) in [4.78, 5) is 0. The van der Waals surface area contributed by atoms with Gasteiger partial charge in [-0.3, -0.25) is 0 Å². The van der Waals surface area contributed by atoms with Gasteiger partial charge >= 0.3 is 0 Å². The molecule has 0 aromatic heterocycles. The van der Waals surface area contributed by atoms with Crippen molar-refractivity contribution in [2.45, 2.75) is 76.9 Å². The first-order valence-electron chi connectivity index (χ1n) is 7.07. The minimum Gasteiger partial charge on any atom is -0.387 e. The van der Waals surface area contributed by atoms with Gasteiger partial charge < -0.3 is 9.84 Å². The zero-order valence-electron chi connectivity index (χ0n) is 11.5. The largest absolute Gasteiger partial charge is 0.387 e. The maximum Gasteiger partial charge on any atom is 0.0880 e. The summed E-state index contributed by atoms with van der Waals surface area (Å²) in [7, 11) is 0. The van der Waals surface area contributed by atoms with Crippen LogP contribution in [0.5, 0.6) is 0 Å². The first kappa shape index (κ1) is 14.7. The summed E-state index contributed by atoms with van der Waals surface area (Å²) in [6.45, 7) is 8.67. The molecule has 1 saturated carbocycles. The van der Waals surface area contributed by atoms with Gasteiger partial charge in [-0.05, 0) is 26.2 Å². The van der Waals surface area contributed by atoms with Gasteiger partial charge in [0.1, 0.15) is 0 Å². The van der Waals surface area contributed by atoms with Gasteiger partial charge in [0.25, 0.3) is 0 Å². The Kier molecular flexibility index (Phi) is 6.21. The van der Waals surface area contributed by atoms with E-state index >= 15 is 0 Å². The van der Waals surface area contributed by atoms with Crippen molar-refractivity contribution in [1.82, 2.24) is 0 Å². The average Bonchev–Trinajstić information content (AvgIpc) is 2.29. The minimum absolute atomic E-state index is 0.126. The fraction of sp³-hybridized carbons (Fsp3) is 0.867. The van der Waals surface area contributed by atoms with Gasteiger partial charge in [0.2, 0.25) is 0 Å². The van der Waals surface area contributed by atoms with Gasteiger partial charge in [0, 0.05) is 0 Å². The van der Waals surface area contributed by atoms with Crippen LogP contribution in [0.1, 0.15) is 65.2 Å². The summed E-state index contributed by atoms with van der Waals surface area (Å²) in [6.07, 6.45) is 8.80. The molecule has 1 aliphatic rings. The van der Waals surface area contributed by atoms with Crippen molar-refractivity contribution in [3.05, 3.63) is 12.2 Å². The summed E-state index contributed by atoms with van der Waals surface area (Å²) >= 11 is 0. The average molecular weight is 240 g/mol. The highest BCUT2D eigenvalue weighted by Crippen LogP contribution is 2.29. The molecule has 17 heavy (non-hydrogen) atoms. The minimum atomic E-state index is -0.571. The van der Waals surface area contributed by atoms with E-state index in [4.69, 9.17) is 4.74 Å². The van der Waals surface area contributed by atoms with E-state index in [0.717, 1.165) is 44.1 Å². The Morgan fingerprint density at radius 3 is 2.53 bits per heavy atom. The van der Waals surface area contributed by atoms with E-state index < -0.39 is 5.60 Å². The molecule has 0 bridgehead atoms. The van der Waals surface area contributed by atoms with E-state index in [2.05, 4.69) is 13.5 Å². The Labute approximate surface area is 106 Å². The molecule has 1 unspecified atom stereocenters. The molecule has 1 fully saturated rings. The van der Waals surface area contributed by atoms with Crippen molar-refractivity contribution >= 4 is 0 Å². The molecule has 1 N–H and O–H groups in total. The molecule has 0 aromatic rings. The van der Waals surface area contributed by atoms with E-state index in [-0.39, 0.29) is 6.10 Å². The second-order valence-corrected chi connectivity index (χ2v) is 5.57. The number of hydrogen-bond acceptors (Lipinski definition) is 2. The number of rotatable bonds is 7. The first-order valence-corrected chi connectivity index (χ1v) is 7.07. The van der Waals surface area contributed by atoms with Gasteiger partial charge in [-0.25, -0.2) is 0 Å². The Balaban J connectivity index is 2.36.